The molecule has 2 amide bonds. The Kier molecular flexibility index (Phi) is 6.67. The number of amides is 2. The molecule has 2 N–H and O–H groups in total. The van der Waals surface area contributed by atoms with Gasteiger partial charge in [0.15, 0.2) is 5.76 Å². The predicted octanol–water partition coefficient (Wildman–Crippen LogP) is 0.941. The van der Waals surface area contributed by atoms with Crippen molar-refractivity contribution in [2.75, 3.05) is 19.7 Å². The van der Waals surface area contributed by atoms with Gasteiger partial charge in [-0.1, -0.05) is 0 Å². The Balaban J connectivity index is 2.06. The summed E-state index contributed by atoms with van der Waals surface area (Å²) in [6.07, 6.45) is 2.35. The lowest BCUT2D eigenvalue weighted by Gasteiger charge is -2.08. The average molecular weight is 268 g/mol. The van der Waals surface area contributed by atoms with Crippen molar-refractivity contribution in [3.05, 3.63) is 24.2 Å². The molecule has 0 saturated heterocycles. The SMILES string of the molecule is CC(C)OCCCNC(=O)CNC(=O)c1ccco1. The second-order valence-corrected chi connectivity index (χ2v) is 4.28. The average Bonchev–Trinajstić information content (AvgIpc) is 2.89. The molecule has 1 rings (SSSR count). The maximum atomic E-state index is 11.5. The Morgan fingerprint density at radius 2 is 2.16 bits per heavy atom. The van der Waals surface area contributed by atoms with Gasteiger partial charge < -0.3 is 19.8 Å². The molecular formula is C13H20N2O4. The molecule has 0 radical (unpaired) electrons. The van der Waals surface area contributed by atoms with Crippen LogP contribution in [-0.2, 0) is 9.53 Å². The fraction of sp³-hybridized carbons (Fsp3) is 0.538. The van der Waals surface area contributed by atoms with Crippen LogP contribution in [0, 0.1) is 0 Å². The van der Waals surface area contributed by atoms with Gasteiger partial charge in [-0.15, -0.1) is 0 Å². The lowest BCUT2D eigenvalue weighted by atomic mass is 10.4. The number of rotatable bonds is 8. The van der Waals surface area contributed by atoms with Crippen LogP contribution >= 0.6 is 0 Å². The van der Waals surface area contributed by atoms with Crippen LogP contribution < -0.4 is 10.6 Å². The van der Waals surface area contributed by atoms with Crippen molar-refractivity contribution in [2.45, 2.75) is 26.4 Å². The summed E-state index contributed by atoms with van der Waals surface area (Å²) in [6, 6.07) is 3.15. The Morgan fingerprint density at radius 3 is 2.79 bits per heavy atom. The minimum atomic E-state index is -0.400. The summed E-state index contributed by atoms with van der Waals surface area (Å²) >= 11 is 0. The molecule has 1 aromatic heterocycles. The normalized spacial score (nSPS) is 10.5. The molecule has 1 heterocycles. The standard InChI is InChI=1S/C13H20N2O4/c1-10(2)18-8-4-6-14-12(16)9-15-13(17)11-5-3-7-19-11/h3,5,7,10H,4,6,8-9H2,1-2H3,(H,14,16)(H,15,17). The van der Waals surface area contributed by atoms with E-state index in [0.29, 0.717) is 13.2 Å². The Hall–Kier alpha value is -1.82. The maximum Gasteiger partial charge on any atom is 0.287 e. The summed E-state index contributed by atoms with van der Waals surface area (Å²) in [4.78, 5) is 22.9. The highest BCUT2D eigenvalue weighted by Crippen LogP contribution is 1.98. The summed E-state index contributed by atoms with van der Waals surface area (Å²) in [5, 5.41) is 5.16. The molecule has 0 bridgehead atoms. The van der Waals surface area contributed by atoms with E-state index in [-0.39, 0.29) is 24.3 Å². The van der Waals surface area contributed by atoms with Crippen LogP contribution in [0.3, 0.4) is 0 Å². The third-order valence-corrected chi connectivity index (χ3v) is 2.25. The molecule has 106 valence electrons. The Morgan fingerprint density at radius 1 is 1.37 bits per heavy atom. The van der Waals surface area contributed by atoms with E-state index in [1.807, 2.05) is 13.8 Å². The smallest absolute Gasteiger partial charge is 0.287 e. The minimum absolute atomic E-state index is 0.0649. The zero-order chi connectivity index (χ0) is 14.1. The first-order valence-corrected chi connectivity index (χ1v) is 6.29. The quantitative estimate of drug-likeness (QED) is 0.688. The molecule has 19 heavy (non-hydrogen) atoms. The summed E-state index contributed by atoms with van der Waals surface area (Å²) in [5.41, 5.74) is 0. The molecule has 0 aliphatic rings. The van der Waals surface area contributed by atoms with Crippen molar-refractivity contribution < 1.29 is 18.7 Å². The number of hydrogen-bond acceptors (Lipinski definition) is 4. The van der Waals surface area contributed by atoms with Gasteiger partial charge >= 0.3 is 0 Å². The summed E-state index contributed by atoms with van der Waals surface area (Å²) in [5.74, 6) is -0.439. The first kappa shape index (κ1) is 15.2. The first-order valence-electron chi connectivity index (χ1n) is 6.29. The predicted molar refractivity (Wildman–Crippen MR) is 69.8 cm³/mol. The van der Waals surface area contributed by atoms with Gasteiger partial charge in [0.05, 0.1) is 18.9 Å². The van der Waals surface area contributed by atoms with Crippen molar-refractivity contribution in [2.24, 2.45) is 0 Å². The van der Waals surface area contributed by atoms with Crippen molar-refractivity contribution in [1.29, 1.82) is 0 Å². The van der Waals surface area contributed by atoms with Crippen molar-refractivity contribution in [3.8, 4) is 0 Å². The van der Waals surface area contributed by atoms with E-state index in [1.54, 1.807) is 6.07 Å². The molecule has 1 aromatic rings. The van der Waals surface area contributed by atoms with Crippen LogP contribution in [0.25, 0.3) is 0 Å². The van der Waals surface area contributed by atoms with Crippen molar-refractivity contribution in [3.63, 3.8) is 0 Å². The van der Waals surface area contributed by atoms with Crippen LogP contribution in [0.15, 0.2) is 22.8 Å². The fourth-order valence-electron chi connectivity index (χ4n) is 1.34. The minimum Gasteiger partial charge on any atom is -0.459 e. The second kappa shape index (κ2) is 8.31. The van der Waals surface area contributed by atoms with Gasteiger partial charge in [0.1, 0.15) is 0 Å². The summed E-state index contributed by atoms with van der Waals surface area (Å²) in [7, 11) is 0. The third-order valence-electron chi connectivity index (χ3n) is 2.25. The van der Waals surface area contributed by atoms with Crippen LogP contribution in [0.2, 0.25) is 0 Å². The van der Waals surface area contributed by atoms with Crippen molar-refractivity contribution in [1.82, 2.24) is 10.6 Å². The zero-order valence-corrected chi connectivity index (χ0v) is 11.3. The number of nitrogens with one attached hydrogen (secondary N) is 2. The first-order chi connectivity index (χ1) is 9.09. The number of furan rings is 1. The number of hydrogen-bond donors (Lipinski definition) is 2. The fourth-order valence-corrected chi connectivity index (χ4v) is 1.34. The van der Waals surface area contributed by atoms with Crippen LogP contribution in [0.4, 0.5) is 0 Å². The van der Waals surface area contributed by atoms with Gasteiger partial charge in [-0.3, -0.25) is 9.59 Å². The molecule has 6 nitrogen and oxygen atoms in total. The van der Waals surface area contributed by atoms with E-state index in [9.17, 15) is 9.59 Å². The lowest BCUT2D eigenvalue weighted by Crippen LogP contribution is -2.37. The highest BCUT2D eigenvalue weighted by molar-refractivity contribution is 5.94. The molecule has 0 aliphatic heterocycles. The summed E-state index contributed by atoms with van der Waals surface area (Å²) in [6.45, 7) is 4.99. The molecule has 0 unspecified atom stereocenters. The van der Waals surface area contributed by atoms with Gasteiger partial charge in [0.2, 0.25) is 5.91 Å². The molecule has 0 saturated carbocycles. The van der Waals surface area contributed by atoms with E-state index in [2.05, 4.69) is 10.6 Å². The highest BCUT2D eigenvalue weighted by atomic mass is 16.5. The monoisotopic (exact) mass is 268 g/mol. The molecule has 0 spiro atoms. The Labute approximate surface area is 112 Å². The van der Waals surface area contributed by atoms with Crippen molar-refractivity contribution >= 4 is 11.8 Å². The van der Waals surface area contributed by atoms with E-state index < -0.39 is 5.91 Å². The van der Waals surface area contributed by atoms with Crippen LogP contribution in [0.1, 0.15) is 30.8 Å². The van der Waals surface area contributed by atoms with Gasteiger partial charge in [-0.25, -0.2) is 0 Å². The van der Waals surface area contributed by atoms with Crippen LogP contribution in [-0.4, -0.2) is 37.6 Å². The summed E-state index contributed by atoms with van der Waals surface area (Å²) < 4.78 is 10.2. The largest absolute Gasteiger partial charge is 0.459 e. The maximum absolute atomic E-state index is 11.5. The zero-order valence-electron chi connectivity index (χ0n) is 11.3. The molecular weight excluding hydrogens is 248 g/mol. The van der Waals surface area contributed by atoms with Gasteiger partial charge in [0, 0.05) is 13.2 Å². The lowest BCUT2D eigenvalue weighted by molar-refractivity contribution is -0.120. The third kappa shape index (κ3) is 6.61. The number of carbonyl (C=O) groups is 2. The molecule has 0 fully saturated rings. The number of ether oxygens (including phenoxy) is 1. The van der Waals surface area contributed by atoms with E-state index >= 15 is 0 Å². The van der Waals surface area contributed by atoms with E-state index in [4.69, 9.17) is 9.15 Å². The number of carbonyl (C=O) groups excluding carboxylic acids is 2. The second-order valence-electron chi connectivity index (χ2n) is 4.28. The van der Waals surface area contributed by atoms with Gasteiger partial charge in [0.25, 0.3) is 5.91 Å². The van der Waals surface area contributed by atoms with E-state index in [0.717, 1.165) is 6.42 Å². The van der Waals surface area contributed by atoms with E-state index in [1.165, 1.54) is 12.3 Å². The Bertz CT molecular complexity index is 387. The molecule has 0 atom stereocenters. The van der Waals surface area contributed by atoms with Gasteiger partial charge in [-0.05, 0) is 32.4 Å². The molecule has 0 aliphatic carbocycles. The van der Waals surface area contributed by atoms with Gasteiger partial charge in [-0.2, -0.15) is 0 Å². The van der Waals surface area contributed by atoms with Crippen LogP contribution in [0.5, 0.6) is 0 Å². The molecule has 6 heteroatoms. The topological polar surface area (TPSA) is 80.6 Å². The highest BCUT2D eigenvalue weighted by Gasteiger charge is 2.09. The molecule has 0 aromatic carbocycles.